The summed E-state index contributed by atoms with van der Waals surface area (Å²) in [6.07, 6.45) is 2.15. The lowest BCUT2D eigenvalue weighted by atomic mass is 9.83. The minimum Gasteiger partial charge on any atom is -0.497 e. The molecule has 0 spiro atoms. The lowest BCUT2D eigenvalue weighted by Gasteiger charge is -2.52. The summed E-state index contributed by atoms with van der Waals surface area (Å²) in [4.78, 5) is 14.8. The lowest BCUT2D eigenvalue weighted by molar-refractivity contribution is -0.945. The van der Waals surface area contributed by atoms with Gasteiger partial charge in [0, 0.05) is 25.2 Å². The third-order valence-electron chi connectivity index (χ3n) is 7.92. The molecule has 1 unspecified atom stereocenters. The first-order valence-corrected chi connectivity index (χ1v) is 12.9. The van der Waals surface area contributed by atoms with Crippen molar-refractivity contribution in [1.82, 2.24) is 0 Å². The molecule has 0 saturated carbocycles. The van der Waals surface area contributed by atoms with Crippen LogP contribution in [0.25, 0.3) is 0 Å². The monoisotopic (exact) mass is 507 g/mol. The summed E-state index contributed by atoms with van der Waals surface area (Å²) in [7, 11) is 1.68. The number of piperidine rings is 3. The van der Waals surface area contributed by atoms with E-state index in [1.54, 1.807) is 37.4 Å². The maximum absolute atomic E-state index is 14.8. The van der Waals surface area contributed by atoms with Crippen molar-refractivity contribution in [3.8, 4) is 5.75 Å². The quantitative estimate of drug-likeness (QED) is 0.353. The summed E-state index contributed by atoms with van der Waals surface area (Å²) in [6.45, 7) is 3.99. The van der Waals surface area contributed by atoms with Crippen molar-refractivity contribution in [2.45, 2.75) is 31.9 Å². The third-order valence-corrected chi connectivity index (χ3v) is 7.92. The third kappa shape index (κ3) is 5.77. The number of rotatable bonds is 8. The van der Waals surface area contributed by atoms with Gasteiger partial charge < -0.3 is 14.0 Å². The van der Waals surface area contributed by atoms with Crippen molar-refractivity contribution in [1.29, 1.82) is 0 Å². The van der Waals surface area contributed by atoms with E-state index in [0.717, 1.165) is 55.7 Å². The zero-order chi connectivity index (χ0) is 25.8. The smallest absolute Gasteiger partial charge is 0.415 e. The van der Waals surface area contributed by atoms with E-state index in [4.69, 9.17) is 9.47 Å². The van der Waals surface area contributed by atoms with Gasteiger partial charge in [-0.2, -0.15) is 0 Å². The molecule has 0 N–H and O–H groups in total. The van der Waals surface area contributed by atoms with E-state index in [2.05, 4.69) is 12.1 Å². The fourth-order valence-corrected chi connectivity index (χ4v) is 5.75. The molecule has 0 aliphatic carbocycles. The van der Waals surface area contributed by atoms with E-state index in [1.165, 1.54) is 28.7 Å². The number of carbonyl (C=O) groups excluding carboxylic acids is 1. The highest BCUT2D eigenvalue weighted by Crippen LogP contribution is 2.36. The van der Waals surface area contributed by atoms with E-state index in [9.17, 15) is 13.6 Å². The van der Waals surface area contributed by atoms with Crippen molar-refractivity contribution < 1.29 is 27.5 Å². The van der Waals surface area contributed by atoms with E-state index < -0.39 is 11.9 Å². The molecule has 7 heteroatoms. The Morgan fingerprint density at radius 1 is 0.973 bits per heavy atom. The molecule has 3 aliphatic rings. The average Bonchev–Trinajstić information content (AvgIpc) is 2.93. The van der Waals surface area contributed by atoms with Crippen LogP contribution < -0.4 is 9.64 Å². The number of carbonyl (C=O) groups is 1. The number of halogens is 2. The molecule has 3 fully saturated rings. The molecule has 0 radical (unpaired) electrons. The molecule has 3 aliphatic heterocycles. The van der Waals surface area contributed by atoms with Gasteiger partial charge in [0.25, 0.3) is 0 Å². The van der Waals surface area contributed by atoms with Gasteiger partial charge in [0.1, 0.15) is 23.9 Å². The number of quaternary nitrogens is 1. The van der Waals surface area contributed by atoms with Crippen LogP contribution in [0.1, 0.15) is 24.0 Å². The second kappa shape index (κ2) is 10.9. The molecular formula is C30H33F2N2O3+. The SMILES string of the molecule is COc1cccc(CC[N+]23CCC(CC2)C(OC(=O)N(Cc2ccc(F)cc2)c2ccccc2F)C3)c1. The standard InChI is InChI=1S/C30H33F2N2O3/c1-36-26-6-4-5-22(19-26)13-16-34-17-14-24(15-18-34)29(21-34)37-30(35)33(28-8-3-2-7-27(28)32)20-23-9-11-25(31)12-10-23/h2-12,19,24,29H,13-18,20-21H2,1H3/q+1. The summed E-state index contributed by atoms with van der Waals surface area (Å²) in [5.41, 5.74) is 2.08. The van der Waals surface area contributed by atoms with Crippen LogP contribution in [0.3, 0.4) is 0 Å². The highest BCUT2D eigenvalue weighted by molar-refractivity contribution is 5.87. The van der Waals surface area contributed by atoms with Crippen LogP contribution in [-0.2, 0) is 17.7 Å². The van der Waals surface area contributed by atoms with Gasteiger partial charge in [0.05, 0.1) is 39.0 Å². The Morgan fingerprint density at radius 3 is 2.46 bits per heavy atom. The van der Waals surface area contributed by atoms with Gasteiger partial charge in [-0.05, 0) is 47.5 Å². The van der Waals surface area contributed by atoms with Crippen molar-refractivity contribution in [3.05, 3.63) is 95.6 Å². The first kappa shape index (κ1) is 25.2. The Labute approximate surface area is 216 Å². The summed E-state index contributed by atoms with van der Waals surface area (Å²) in [6, 6.07) is 20.2. The molecule has 1 atom stereocenters. The number of benzene rings is 3. The summed E-state index contributed by atoms with van der Waals surface area (Å²) < 4.78 is 40.6. The number of methoxy groups -OCH3 is 1. The van der Waals surface area contributed by atoms with Crippen LogP contribution >= 0.6 is 0 Å². The number of ether oxygens (including phenoxy) is 2. The van der Waals surface area contributed by atoms with Crippen LogP contribution in [0.5, 0.6) is 5.75 Å². The number of amides is 1. The molecule has 3 heterocycles. The topological polar surface area (TPSA) is 38.8 Å². The van der Waals surface area contributed by atoms with Gasteiger partial charge in [0.15, 0.2) is 6.10 Å². The predicted molar refractivity (Wildman–Crippen MR) is 138 cm³/mol. The number of nitrogens with zero attached hydrogens (tertiary/aromatic N) is 2. The maximum Gasteiger partial charge on any atom is 0.415 e. The molecule has 2 bridgehead atoms. The lowest BCUT2D eigenvalue weighted by Crippen LogP contribution is -2.65. The van der Waals surface area contributed by atoms with Crippen molar-refractivity contribution >= 4 is 11.8 Å². The van der Waals surface area contributed by atoms with Gasteiger partial charge in [0.2, 0.25) is 0 Å². The van der Waals surface area contributed by atoms with E-state index >= 15 is 0 Å². The zero-order valence-electron chi connectivity index (χ0n) is 21.1. The Morgan fingerprint density at radius 2 is 1.73 bits per heavy atom. The molecule has 5 nitrogen and oxygen atoms in total. The van der Waals surface area contributed by atoms with Crippen LogP contribution in [0, 0.1) is 17.6 Å². The molecule has 0 aromatic heterocycles. The molecule has 6 rings (SSSR count). The van der Waals surface area contributed by atoms with Crippen molar-refractivity contribution in [3.63, 3.8) is 0 Å². The summed E-state index contributed by atoms with van der Waals surface area (Å²) >= 11 is 0. The summed E-state index contributed by atoms with van der Waals surface area (Å²) in [5.74, 6) is 0.307. The minimum absolute atomic E-state index is 0.0905. The van der Waals surface area contributed by atoms with Gasteiger partial charge in [-0.15, -0.1) is 0 Å². The van der Waals surface area contributed by atoms with E-state index in [1.807, 2.05) is 12.1 Å². The Balaban J connectivity index is 1.30. The van der Waals surface area contributed by atoms with Crippen LogP contribution in [0.2, 0.25) is 0 Å². The van der Waals surface area contributed by atoms with Gasteiger partial charge in [-0.3, -0.25) is 4.90 Å². The second-order valence-corrected chi connectivity index (χ2v) is 10.2. The highest BCUT2D eigenvalue weighted by Gasteiger charge is 2.47. The molecule has 3 aromatic carbocycles. The van der Waals surface area contributed by atoms with Gasteiger partial charge in [-0.25, -0.2) is 13.6 Å². The first-order valence-electron chi connectivity index (χ1n) is 12.9. The molecule has 3 saturated heterocycles. The zero-order valence-corrected chi connectivity index (χ0v) is 21.1. The van der Waals surface area contributed by atoms with E-state index in [-0.39, 0.29) is 24.2 Å². The second-order valence-electron chi connectivity index (χ2n) is 10.2. The predicted octanol–water partition coefficient (Wildman–Crippen LogP) is 5.97. The van der Waals surface area contributed by atoms with Gasteiger partial charge >= 0.3 is 6.09 Å². The van der Waals surface area contributed by atoms with Crippen LogP contribution in [0.15, 0.2) is 72.8 Å². The molecule has 37 heavy (non-hydrogen) atoms. The Bertz CT molecular complexity index is 1230. The number of para-hydroxylation sites is 1. The van der Waals surface area contributed by atoms with Crippen molar-refractivity contribution in [2.24, 2.45) is 5.92 Å². The van der Waals surface area contributed by atoms with Crippen LogP contribution in [-0.4, -0.2) is 50.0 Å². The number of hydrogen-bond acceptors (Lipinski definition) is 3. The van der Waals surface area contributed by atoms with Crippen molar-refractivity contribution in [2.75, 3.05) is 38.2 Å². The average molecular weight is 508 g/mol. The molecule has 194 valence electrons. The fraction of sp³-hybridized carbons (Fsp3) is 0.367. The highest BCUT2D eigenvalue weighted by atomic mass is 19.1. The largest absolute Gasteiger partial charge is 0.497 e. The Kier molecular flexibility index (Phi) is 7.42. The minimum atomic E-state index is -0.570. The number of fused-ring (bicyclic) bond motifs is 3. The number of hydrogen-bond donors (Lipinski definition) is 0. The molecule has 3 aromatic rings. The fourth-order valence-electron chi connectivity index (χ4n) is 5.75. The van der Waals surface area contributed by atoms with Gasteiger partial charge in [-0.1, -0.05) is 36.4 Å². The first-order chi connectivity index (χ1) is 17.9. The summed E-state index contributed by atoms with van der Waals surface area (Å²) in [5, 5.41) is 0. The molecule has 1 amide bonds. The Hall–Kier alpha value is -3.45. The maximum atomic E-state index is 14.8. The molecular weight excluding hydrogens is 474 g/mol. The van der Waals surface area contributed by atoms with E-state index in [0.29, 0.717) is 11.5 Å². The number of anilines is 1. The normalized spacial score (nSPS) is 22.5. The van der Waals surface area contributed by atoms with Crippen LogP contribution in [0.4, 0.5) is 19.3 Å².